The fourth-order valence-electron chi connectivity index (χ4n) is 4.15. The van der Waals surface area contributed by atoms with E-state index < -0.39 is 0 Å². The lowest BCUT2D eigenvalue weighted by molar-refractivity contribution is 0.0759. The van der Waals surface area contributed by atoms with Crippen molar-refractivity contribution in [1.29, 1.82) is 0 Å². The zero-order valence-electron chi connectivity index (χ0n) is 17.8. The summed E-state index contributed by atoms with van der Waals surface area (Å²) in [4.78, 5) is 32.7. The van der Waals surface area contributed by atoms with E-state index in [-0.39, 0.29) is 17.0 Å². The molecular weight excluding hydrogens is 386 g/mol. The van der Waals surface area contributed by atoms with Crippen molar-refractivity contribution >= 4 is 5.91 Å². The Morgan fingerprint density at radius 1 is 0.839 bits per heavy atom. The van der Waals surface area contributed by atoms with E-state index in [4.69, 9.17) is 0 Å². The third kappa shape index (κ3) is 5.50. The maximum Gasteiger partial charge on any atom is 0.261 e. The summed E-state index contributed by atoms with van der Waals surface area (Å²) in [6, 6.07) is 23.7. The predicted octanol–water partition coefficient (Wildman–Crippen LogP) is 3.82. The number of nitrogens with zero attached hydrogens (tertiary/aromatic N) is 2. The van der Waals surface area contributed by atoms with E-state index in [1.807, 2.05) is 47.4 Å². The average Bonchev–Trinajstić information content (AvgIpc) is 3.06. The van der Waals surface area contributed by atoms with Gasteiger partial charge in [-0.25, -0.2) is 0 Å². The summed E-state index contributed by atoms with van der Waals surface area (Å²) in [6.07, 6.45) is 3.11. The van der Waals surface area contributed by atoms with Crippen LogP contribution in [0, 0.1) is 0 Å². The number of carbonyl (C=O) groups excluding carboxylic acids is 1. The minimum Gasteiger partial charge on any atom is -0.337 e. The molecule has 0 atom stereocenters. The normalized spacial score (nSPS) is 14.9. The van der Waals surface area contributed by atoms with Crippen molar-refractivity contribution in [3.05, 3.63) is 94.3 Å². The molecule has 1 aliphatic rings. The Hall–Kier alpha value is -3.18. The van der Waals surface area contributed by atoms with Crippen LogP contribution < -0.4 is 5.56 Å². The summed E-state index contributed by atoms with van der Waals surface area (Å²) >= 11 is 0. The molecule has 5 heteroatoms. The van der Waals surface area contributed by atoms with Crippen molar-refractivity contribution in [2.45, 2.75) is 19.3 Å². The van der Waals surface area contributed by atoms with Crippen LogP contribution in [0.2, 0.25) is 0 Å². The van der Waals surface area contributed by atoms with Crippen LogP contribution in [0.25, 0.3) is 11.3 Å². The number of aromatic nitrogens is 1. The average molecular weight is 416 g/mol. The molecule has 0 radical (unpaired) electrons. The smallest absolute Gasteiger partial charge is 0.261 e. The standard InChI is InChI=1S/C26H29N3O2/c30-25-23(14-15-24(27-25)22-12-5-2-6-13-22)26(31)29-18-8-17-28(19-20-29)16-7-11-21-9-3-1-4-10-21/h1-6,9-10,12-15H,7-8,11,16-20H2,(H,27,30). The Kier molecular flexibility index (Phi) is 6.95. The number of rotatable bonds is 6. The second-order valence-electron chi connectivity index (χ2n) is 8.06. The molecular formula is C26H29N3O2. The molecule has 0 aliphatic carbocycles. The molecule has 1 saturated heterocycles. The highest BCUT2D eigenvalue weighted by atomic mass is 16.2. The molecule has 31 heavy (non-hydrogen) atoms. The highest BCUT2D eigenvalue weighted by Crippen LogP contribution is 2.15. The molecule has 2 aromatic carbocycles. The number of nitrogens with one attached hydrogen (secondary N) is 1. The molecule has 5 nitrogen and oxygen atoms in total. The van der Waals surface area contributed by atoms with Gasteiger partial charge < -0.3 is 14.8 Å². The fraction of sp³-hybridized carbons (Fsp3) is 0.308. The van der Waals surface area contributed by atoms with E-state index in [0.717, 1.165) is 50.2 Å². The van der Waals surface area contributed by atoms with Crippen molar-refractivity contribution in [2.75, 3.05) is 32.7 Å². The SMILES string of the molecule is O=C(c1ccc(-c2ccccc2)[nH]c1=O)N1CCCN(CCCc2ccccc2)CC1. The zero-order chi connectivity index (χ0) is 21.5. The Morgan fingerprint density at radius 2 is 1.58 bits per heavy atom. The van der Waals surface area contributed by atoms with E-state index in [0.29, 0.717) is 13.1 Å². The Labute approximate surface area is 183 Å². The zero-order valence-corrected chi connectivity index (χ0v) is 17.8. The van der Waals surface area contributed by atoms with E-state index in [1.54, 1.807) is 6.07 Å². The van der Waals surface area contributed by atoms with E-state index in [1.165, 1.54) is 5.56 Å². The van der Waals surface area contributed by atoms with Crippen LogP contribution >= 0.6 is 0 Å². The third-order valence-corrected chi connectivity index (χ3v) is 5.88. The van der Waals surface area contributed by atoms with Crippen LogP contribution in [-0.4, -0.2) is 53.4 Å². The van der Waals surface area contributed by atoms with Gasteiger partial charge in [0.25, 0.3) is 11.5 Å². The van der Waals surface area contributed by atoms with Gasteiger partial charge in [0.05, 0.1) is 0 Å². The van der Waals surface area contributed by atoms with Crippen LogP contribution in [0.4, 0.5) is 0 Å². The summed E-state index contributed by atoms with van der Waals surface area (Å²) in [7, 11) is 0. The van der Waals surface area contributed by atoms with Crippen LogP contribution in [0.1, 0.15) is 28.8 Å². The summed E-state index contributed by atoms with van der Waals surface area (Å²) in [5, 5.41) is 0. The first-order valence-electron chi connectivity index (χ1n) is 11.0. The van der Waals surface area contributed by atoms with Gasteiger partial charge >= 0.3 is 0 Å². The molecule has 0 spiro atoms. The van der Waals surface area contributed by atoms with Crippen molar-refractivity contribution < 1.29 is 4.79 Å². The van der Waals surface area contributed by atoms with E-state index in [2.05, 4.69) is 34.1 Å². The molecule has 1 aliphatic heterocycles. The van der Waals surface area contributed by atoms with Crippen molar-refractivity contribution in [3.8, 4) is 11.3 Å². The number of aryl methyl sites for hydroxylation is 1. The number of aromatic amines is 1. The molecule has 1 amide bonds. The van der Waals surface area contributed by atoms with Gasteiger partial charge in [-0.3, -0.25) is 9.59 Å². The lowest BCUT2D eigenvalue weighted by Gasteiger charge is -2.22. The Balaban J connectivity index is 1.33. The molecule has 0 saturated carbocycles. The molecule has 0 bridgehead atoms. The molecule has 1 N–H and O–H groups in total. The second kappa shape index (κ2) is 10.2. The predicted molar refractivity (Wildman–Crippen MR) is 124 cm³/mol. The summed E-state index contributed by atoms with van der Waals surface area (Å²) in [6.45, 7) is 4.21. The lowest BCUT2D eigenvalue weighted by atomic mass is 10.1. The first-order chi connectivity index (χ1) is 15.2. The Morgan fingerprint density at radius 3 is 2.32 bits per heavy atom. The van der Waals surface area contributed by atoms with Crippen LogP contribution in [-0.2, 0) is 6.42 Å². The first-order valence-corrected chi connectivity index (χ1v) is 11.0. The lowest BCUT2D eigenvalue weighted by Crippen LogP contribution is -2.38. The minimum atomic E-state index is -0.324. The fourth-order valence-corrected chi connectivity index (χ4v) is 4.15. The van der Waals surface area contributed by atoms with Gasteiger partial charge in [-0.2, -0.15) is 0 Å². The maximum atomic E-state index is 13.0. The topological polar surface area (TPSA) is 56.4 Å². The molecule has 4 rings (SSSR count). The van der Waals surface area contributed by atoms with Crippen molar-refractivity contribution in [1.82, 2.24) is 14.8 Å². The molecule has 1 fully saturated rings. The molecule has 160 valence electrons. The molecule has 1 aromatic heterocycles. The van der Waals surface area contributed by atoms with Crippen LogP contribution in [0.5, 0.6) is 0 Å². The van der Waals surface area contributed by atoms with Gasteiger partial charge in [0.15, 0.2) is 0 Å². The highest BCUT2D eigenvalue weighted by Gasteiger charge is 2.22. The quantitative estimate of drug-likeness (QED) is 0.666. The van der Waals surface area contributed by atoms with Crippen molar-refractivity contribution in [2.24, 2.45) is 0 Å². The first kappa shape index (κ1) is 21.1. The van der Waals surface area contributed by atoms with Gasteiger partial charge in [-0.05, 0) is 55.6 Å². The summed E-state index contributed by atoms with van der Waals surface area (Å²) in [5.41, 5.74) is 2.92. The summed E-state index contributed by atoms with van der Waals surface area (Å²) < 4.78 is 0. The van der Waals surface area contributed by atoms with Gasteiger partial charge in [0.1, 0.15) is 5.56 Å². The number of amides is 1. The van der Waals surface area contributed by atoms with Gasteiger partial charge in [-0.15, -0.1) is 0 Å². The summed E-state index contributed by atoms with van der Waals surface area (Å²) in [5.74, 6) is -0.174. The van der Waals surface area contributed by atoms with Crippen molar-refractivity contribution in [3.63, 3.8) is 0 Å². The number of hydrogen-bond donors (Lipinski definition) is 1. The highest BCUT2D eigenvalue weighted by molar-refractivity contribution is 5.94. The largest absolute Gasteiger partial charge is 0.337 e. The Bertz CT molecular complexity index is 1050. The van der Waals surface area contributed by atoms with Crippen LogP contribution in [0.3, 0.4) is 0 Å². The molecule has 0 unspecified atom stereocenters. The number of pyridine rings is 1. The van der Waals surface area contributed by atoms with Gasteiger partial charge in [-0.1, -0.05) is 60.7 Å². The minimum absolute atomic E-state index is 0.174. The van der Waals surface area contributed by atoms with E-state index >= 15 is 0 Å². The monoisotopic (exact) mass is 415 g/mol. The third-order valence-electron chi connectivity index (χ3n) is 5.88. The van der Waals surface area contributed by atoms with Gasteiger partial charge in [0.2, 0.25) is 0 Å². The second-order valence-corrected chi connectivity index (χ2v) is 8.06. The number of carbonyl (C=O) groups is 1. The van der Waals surface area contributed by atoms with Gasteiger partial charge in [0, 0.05) is 25.3 Å². The van der Waals surface area contributed by atoms with E-state index in [9.17, 15) is 9.59 Å². The van der Waals surface area contributed by atoms with Crippen LogP contribution in [0.15, 0.2) is 77.6 Å². The number of H-pyrrole nitrogens is 1. The molecule has 3 aromatic rings. The number of hydrogen-bond acceptors (Lipinski definition) is 3. The molecule has 2 heterocycles. The number of benzene rings is 2. The maximum absolute atomic E-state index is 13.0.